The van der Waals surface area contributed by atoms with Crippen molar-refractivity contribution in [1.29, 1.82) is 0 Å². The monoisotopic (exact) mass is 415 g/mol. The van der Waals surface area contributed by atoms with Crippen LogP contribution in [0.25, 0.3) is 0 Å². The average molecular weight is 416 g/mol. The maximum absolute atomic E-state index is 13.1. The largest absolute Gasteiger partial charge is 0.433 e. The van der Waals surface area contributed by atoms with Crippen molar-refractivity contribution < 1.29 is 22.4 Å². The van der Waals surface area contributed by atoms with Gasteiger partial charge in [-0.25, -0.2) is 4.39 Å². The molecule has 1 N–H and O–H groups in total. The molecule has 0 spiro atoms. The molecule has 0 unspecified atom stereocenters. The highest BCUT2D eigenvalue weighted by molar-refractivity contribution is 6.31. The Balaban J connectivity index is 1.77. The molecule has 0 fully saturated rings. The lowest BCUT2D eigenvalue weighted by Crippen LogP contribution is -2.14. The Morgan fingerprint density at radius 1 is 1.21 bits per heavy atom. The summed E-state index contributed by atoms with van der Waals surface area (Å²) < 4.78 is 53.8. The number of alkyl halides is 3. The minimum atomic E-state index is -4.62. The molecule has 1 amide bonds. The van der Waals surface area contributed by atoms with E-state index in [4.69, 9.17) is 11.6 Å². The summed E-state index contributed by atoms with van der Waals surface area (Å²) in [7, 11) is 1.10. The summed E-state index contributed by atoms with van der Waals surface area (Å²) in [5.41, 5.74) is -0.145. The number of rotatable bonds is 4. The molecule has 3 aromatic rings. The van der Waals surface area contributed by atoms with E-state index in [9.17, 15) is 22.4 Å². The average Bonchev–Trinajstić information content (AvgIpc) is 3.13. The van der Waals surface area contributed by atoms with Crippen LogP contribution in [-0.2, 0) is 19.8 Å². The Labute approximate surface area is 161 Å². The highest BCUT2D eigenvalue weighted by atomic mass is 35.5. The van der Waals surface area contributed by atoms with Crippen molar-refractivity contribution in [2.24, 2.45) is 7.05 Å². The molecule has 1 aromatic carbocycles. The highest BCUT2D eigenvalue weighted by Crippen LogP contribution is 2.29. The van der Waals surface area contributed by atoms with Crippen LogP contribution in [-0.4, -0.2) is 25.5 Å². The molecule has 0 saturated heterocycles. The minimum absolute atomic E-state index is 0.139. The Morgan fingerprint density at radius 3 is 2.54 bits per heavy atom. The first kappa shape index (κ1) is 19.9. The van der Waals surface area contributed by atoms with Gasteiger partial charge in [0, 0.05) is 29.9 Å². The normalized spacial score (nSPS) is 11.7. The van der Waals surface area contributed by atoms with Gasteiger partial charge >= 0.3 is 6.18 Å². The second-order valence-corrected chi connectivity index (χ2v) is 6.46. The fourth-order valence-corrected chi connectivity index (χ4v) is 2.79. The van der Waals surface area contributed by atoms with Gasteiger partial charge in [-0.15, -0.1) is 0 Å². The summed E-state index contributed by atoms with van der Waals surface area (Å²) in [4.78, 5) is 12.2. The molecule has 0 saturated carbocycles. The lowest BCUT2D eigenvalue weighted by molar-refractivity contribution is -0.143. The number of hydrogen-bond acceptors (Lipinski definition) is 3. The first-order chi connectivity index (χ1) is 13.0. The number of carbonyl (C=O) groups excluding carboxylic acids is 1. The number of halogens is 5. The van der Waals surface area contributed by atoms with E-state index in [-0.39, 0.29) is 23.1 Å². The van der Waals surface area contributed by atoms with Crippen molar-refractivity contribution >= 4 is 23.3 Å². The third-order valence-electron chi connectivity index (χ3n) is 3.96. The zero-order valence-electron chi connectivity index (χ0n) is 14.7. The molecule has 0 aliphatic rings. The van der Waals surface area contributed by atoms with Gasteiger partial charge in [0.15, 0.2) is 11.5 Å². The van der Waals surface area contributed by atoms with Gasteiger partial charge in [-0.3, -0.25) is 14.2 Å². The standard InChI is InChI=1S/C17H14ClF4N5O/c1-9-5-15(25-27(9)8-10-3-4-11(19)6-12(10)18)23-16(28)13-7-14(17(20,21)22)26(2)24-13/h3-7H,8H2,1-2H3,(H,23,25,28). The fourth-order valence-electron chi connectivity index (χ4n) is 2.57. The second-order valence-electron chi connectivity index (χ2n) is 6.05. The van der Waals surface area contributed by atoms with Crippen LogP contribution in [0.5, 0.6) is 0 Å². The summed E-state index contributed by atoms with van der Waals surface area (Å²) in [6.45, 7) is 1.95. The van der Waals surface area contributed by atoms with Crippen LogP contribution in [0.3, 0.4) is 0 Å². The van der Waals surface area contributed by atoms with Crippen molar-refractivity contribution in [3.05, 3.63) is 63.8 Å². The number of nitrogens with one attached hydrogen (secondary N) is 1. The molecule has 0 aliphatic heterocycles. The van der Waals surface area contributed by atoms with E-state index in [1.165, 1.54) is 22.9 Å². The van der Waals surface area contributed by atoms with Crippen LogP contribution in [0, 0.1) is 12.7 Å². The number of nitrogens with zero attached hydrogens (tertiary/aromatic N) is 4. The number of carbonyl (C=O) groups is 1. The highest BCUT2D eigenvalue weighted by Gasteiger charge is 2.35. The second kappa shape index (κ2) is 7.27. The molecular weight excluding hydrogens is 402 g/mol. The van der Waals surface area contributed by atoms with Crippen LogP contribution in [0.2, 0.25) is 5.02 Å². The van der Waals surface area contributed by atoms with Gasteiger partial charge in [0.25, 0.3) is 5.91 Å². The lowest BCUT2D eigenvalue weighted by atomic mass is 10.2. The number of aryl methyl sites for hydroxylation is 2. The van der Waals surface area contributed by atoms with E-state index < -0.39 is 23.6 Å². The molecule has 0 bridgehead atoms. The third kappa shape index (κ3) is 4.16. The Bertz CT molecular complexity index is 1040. The van der Waals surface area contributed by atoms with Gasteiger partial charge in [0.2, 0.25) is 0 Å². The SMILES string of the molecule is Cc1cc(NC(=O)c2cc(C(F)(F)F)n(C)n2)nn1Cc1ccc(F)cc1Cl. The van der Waals surface area contributed by atoms with Gasteiger partial charge in [-0.2, -0.15) is 23.4 Å². The molecule has 0 radical (unpaired) electrons. The molecule has 0 atom stereocenters. The van der Waals surface area contributed by atoms with Gasteiger partial charge in [-0.1, -0.05) is 17.7 Å². The number of aromatic nitrogens is 4. The number of amides is 1. The molecule has 11 heteroatoms. The third-order valence-corrected chi connectivity index (χ3v) is 4.31. The van der Waals surface area contributed by atoms with Crippen LogP contribution in [0.1, 0.15) is 27.4 Å². The van der Waals surface area contributed by atoms with Crippen LogP contribution in [0.15, 0.2) is 30.3 Å². The molecule has 28 heavy (non-hydrogen) atoms. The van der Waals surface area contributed by atoms with Crippen LogP contribution in [0.4, 0.5) is 23.4 Å². The summed E-state index contributed by atoms with van der Waals surface area (Å²) >= 11 is 6.00. The van der Waals surface area contributed by atoms with Crippen molar-refractivity contribution in [2.45, 2.75) is 19.6 Å². The first-order valence-electron chi connectivity index (χ1n) is 7.95. The smallest absolute Gasteiger partial charge is 0.304 e. The van der Waals surface area contributed by atoms with Gasteiger partial charge < -0.3 is 5.32 Å². The van der Waals surface area contributed by atoms with E-state index in [1.807, 2.05) is 0 Å². The number of anilines is 1. The van der Waals surface area contributed by atoms with Crippen molar-refractivity contribution in [3.8, 4) is 0 Å². The zero-order chi connectivity index (χ0) is 20.6. The van der Waals surface area contributed by atoms with E-state index >= 15 is 0 Å². The quantitative estimate of drug-likeness (QED) is 0.654. The van der Waals surface area contributed by atoms with Crippen molar-refractivity contribution in [1.82, 2.24) is 19.6 Å². The molecule has 2 aromatic heterocycles. The molecule has 6 nitrogen and oxygen atoms in total. The Hall–Kier alpha value is -2.88. The minimum Gasteiger partial charge on any atom is -0.304 e. The maximum Gasteiger partial charge on any atom is 0.433 e. The summed E-state index contributed by atoms with van der Waals surface area (Å²) in [5, 5.41) is 10.4. The van der Waals surface area contributed by atoms with E-state index in [0.717, 1.165) is 7.05 Å². The Kier molecular flexibility index (Phi) is 5.16. The molecular formula is C17H14ClF4N5O. The van der Waals surface area contributed by atoms with E-state index in [2.05, 4.69) is 15.5 Å². The summed E-state index contributed by atoms with van der Waals surface area (Å²) in [6, 6.07) is 6.17. The van der Waals surface area contributed by atoms with Crippen molar-refractivity contribution in [2.75, 3.05) is 5.32 Å². The number of benzene rings is 1. The van der Waals surface area contributed by atoms with Crippen LogP contribution >= 0.6 is 11.6 Å². The van der Waals surface area contributed by atoms with Crippen molar-refractivity contribution in [3.63, 3.8) is 0 Å². The van der Waals surface area contributed by atoms with Gasteiger partial charge in [0.05, 0.1) is 6.54 Å². The predicted molar refractivity (Wildman–Crippen MR) is 93.6 cm³/mol. The Morgan fingerprint density at radius 2 is 1.93 bits per heavy atom. The topological polar surface area (TPSA) is 64.7 Å². The molecule has 2 heterocycles. The van der Waals surface area contributed by atoms with E-state index in [0.29, 0.717) is 22.0 Å². The summed E-state index contributed by atoms with van der Waals surface area (Å²) in [6.07, 6.45) is -4.62. The van der Waals surface area contributed by atoms with Crippen LogP contribution < -0.4 is 5.32 Å². The maximum atomic E-state index is 13.1. The van der Waals surface area contributed by atoms with Gasteiger partial charge in [-0.05, 0) is 24.6 Å². The lowest BCUT2D eigenvalue weighted by Gasteiger charge is -2.06. The molecule has 148 valence electrons. The van der Waals surface area contributed by atoms with Gasteiger partial charge in [0.1, 0.15) is 11.5 Å². The fraction of sp³-hybridized carbons (Fsp3) is 0.235. The number of hydrogen-bond donors (Lipinski definition) is 1. The molecule has 0 aliphatic carbocycles. The predicted octanol–water partition coefficient (Wildman–Crippen LogP) is 4.04. The molecule has 3 rings (SSSR count). The zero-order valence-corrected chi connectivity index (χ0v) is 15.4. The first-order valence-corrected chi connectivity index (χ1v) is 8.33. The summed E-state index contributed by atoms with van der Waals surface area (Å²) in [5.74, 6) is -1.15. The van der Waals surface area contributed by atoms with E-state index in [1.54, 1.807) is 13.0 Å².